The van der Waals surface area contributed by atoms with Crippen molar-refractivity contribution in [1.82, 2.24) is 0 Å². The molecule has 0 amide bonds. The van der Waals surface area contributed by atoms with Crippen molar-refractivity contribution in [3.63, 3.8) is 0 Å². The molecule has 1 saturated carbocycles. The van der Waals surface area contributed by atoms with Crippen LogP contribution in [0.25, 0.3) is 0 Å². The van der Waals surface area contributed by atoms with Gasteiger partial charge in [-0.25, -0.2) is 4.39 Å². The lowest BCUT2D eigenvalue weighted by Crippen LogP contribution is -2.51. The van der Waals surface area contributed by atoms with Gasteiger partial charge in [-0.05, 0) is 36.5 Å². The Kier molecular flexibility index (Phi) is 3.81. The summed E-state index contributed by atoms with van der Waals surface area (Å²) in [4.78, 5) is 12.3. The molecule has 0 radical (unpaired) electrons. The van der Waals surface area contributed by atoms with Gasteiger partial charge >= 0.3 is 0 Å². The average Bonchev–Trinajstić information content (AvgIpc) is 2.32. The number of hydrogen-bond acceptors (Lipinski definition) is 2. The van der Waals surface area contributed by atoms with Crippen molar-refractivity contribution < 1.29 is 9.18 Å². The molecule has 0 aromatic heterocycles. The average molecular weight is 249 g/mol. The van der Waals surface area contributed by atoms with Crippen molar-refractivity contribution in [2.24, 2.45) is 11.7 Å². The number of Topliss-reactive ketones (excluding diaryl/α,β-unsaturated/α-hetero) is 1. The van der Waals surface area contributed by atoms with E-state index in [0.29, 0.717) is 12.3 Å². The highest BCUT2D eigenvalue weighted by atomic mass is 19.1. The third kappa shape index (κ3) is 2.96. The van der Waals surface area contributed by atoms with Crippen LogP contribution in [0.5, 0.6) is 0 Å². The monoisotopic (exact) mass is 249 g/mol. The van der Waals surface area contributed by atoms with E-state index in [2.05, 4.69) is 6.92 Å². The first-order valence-corrected chi connectivity index (χ1v) is 6.56. The standard InChI is InChI=1S/C15H20FNO/c1-11-3-2-8-15(17,10-11)14(18)9-12-4-6-13(16)7-5-12/h4-7,11H,2-3,8-10,17H2,1H3. The Labute approximate surface area is 107 Å². The van der Waals surface area contributed by atoms with Crippen LogP contribution < -0.4 is 5.73 Å². The van der Waals surface area contributed by atoms with Gasteiger partial charge in [0.2, 0.25) is 0 Å². The summed E-state index contributed by atoms with van der Waals surface area (Å²) in [6.45, 7) is 2.14. The van der Waals surface area contributed by atoms with E-state index >= 15 is 0 Å². The normalized spacial score (nSPS) is 28.1. The number of halogens is 1. The molecule has 2 atom stereocenters. The van der Waals surface area contributed by atoms with E-state index in [0.717, 1.165) is 31.2 Å². The van der Waals surface area contributed by atoms with Gasteiger partial charge in [0.05, 0.1) is 5.54 Å². The Bertz CT molecular complexity index is 429. The maximum Gasteiger partial charge on any atom is 0.157 e. The molecule has 2 N–H and O–H groups in total. The van der Waals surface area contributed by atoms with E-state index in [1.54, 1.807) is 12.1 Å². The second-order valence-corrected chi connectivity index (χ2v) is 5.58. The van der Waals surface area contributed by atoms with Crippen LogP contribution in [0.1, 0.15) is 38.2 Å². The summed E-state index contributed by atoms with van der Waals surface area (Å²) >= 11 is 0. The Balaban J connectivity index is 2.04. The molecule has 1 aliphatic carbocycles. The Morgan fingerprint density at radius 2 is 2.11 bits per heavy atom. The van der Waals surface area contributed by atoms with E-state index in [1.165, 1.54) is 12.1 Å². The van der Waals surface area contributed by atoms with Crippen LogP contribution >= 0.6 is 0 Å². The van der Waals surface area contributed by atoms with Gasteiger partial charge in [-0.2, -0.15) is 0 Å². The van der Waals surface area contributed by atoms with Gasteiger partial charge in [-0.1, -0.05) is 31.9 Å². The molecule has 1 aromatic carbocycles. The number of hydrogen-bond donors (Lipinski definition) is 1. The van der Waals surface area contributed by atoms with Crippen molar-refractivity contribution in [2.45, 2.75) is 44.6 Å². The van der Waals surface area contributed by atoms with Crippen LogP contribution in [-0.4, -0.2) is 11.3 Å². The molecule has 2 rings (SSSR count). The summed E-state index contributed by atoms with van der Waals surface area (Å²) in [5.74, 6) is 0.321. The second-order valence-electron chi connectivity index (χ2n) is 5.58. The van der Waals surface area contributed by atoms with Crippen LogP contribution in [0.3, 0.4) is 0 Å². The number of benzene rings is 1. The quantitative estimate of drug-likeness (QED) is 0.895. The predicted molar refractivity (Wildman–Crippen MR) is 69.7 cm³/mol. The highest BCUT2D eigenvalue weighted by molar-refractivity contribution is 5.90. The SMILES string of the molecule is CC1CCCC(N)(C(=O)Cc2ccc(F)cc2)C1. The van der Waals surface area contributed by atoms with Crippen LogP contribution in [0, 0.1) is 11.7 Å². The van der Waals surface area contributed by atoms with Crippen LogP contribution in [0.15, 0.2) is 24.3 Å². The van der Waals surface area contributed by atoms with E-state index in [1.807, 2.05) is 0 Å². The maximum atomic E-state index is 12.8. The van der Waals surface area contributed by atoms with Gasteiger partial charge in [0.1, 0.15) is 5.82 Å². The Morgan fingerprint density at radius 3 is 2.72 bits per heavy atom. The zero-order chi connectivity index (χ0) is 13.2. The lowest BCUT2D eigenvalue weighted by molar-refractivity contribution is -0.125. The fraction of sp³-hybridized carbons (Fsp3) is 0.533. The molecule has 0 aliphatic heterocycles. The van der Waals surface area contributed by atoms with Gasteiger partial charge in [-0.3, -0.25) is 4.79 Å². The first-order valence-electron chi connectivity index (χ1n) is 6.56. The van der Waals surface area contributed by atoms with Crippen molar-refractivity contribution in [2.75, 3.05) is 0 Å². The van der Waals surface area contributed by atoms with Gasteiger partial charge in [0, 0.05) is 6.42 Å². The third-order valence-electron chi connectivity index (χ3n) is 3.87. The fourth-order valence-corrected chi connectivity index (χ4v) is 2.81. The topological polar surface area (TPSA) is 43.1 Å². The number of rotatable bonds is 3. The molecule has 0 heterocycles. The molecular weight excluding hydrogens is 229 g/mol. The van der Waals surface area contributed by atoms with Gasteiger partial charge in [0.15, 0.2) is 5.78 Å². The van der Waals surface area contributed by atoms with Crippen LogP contribution in [0.2, 0.25) is 0 Å². The second kappa shape index (κ2) is 5.19. The smallest absolute Gasteiger partial charge is 0.157 e. The van der Waals surface area contributed by atoms with E-state index in [9.17, 15) is 9.18 Å². The zero-order valence-corrected chi connectivity index (χ0v) is 10.8. The molecule has 0 saturated heterocycles. The highest BCUT2D eigenvalue weighted by Gasteiger charge is 2.37. The summed E-state index contributed by atoms with van der Waals surface area (Å²) in [5.41, 5.74) is 6.41. The van der Waals surface area contributed by atoms with Crippen molar-refractivity contribution in [1.29, 1.82) is 0 Å². The number of ketones is 1. The molecular formula is C15H20FNO. The molecule has 98 valence electrons. The van der Waals surface area contributed by atoms with Gasteiger partial charge in [0.25, 0.3) is 0 Å². The molecule has 3 heteroatoms. The molecule has 18 heavy (non-hydrogen) atoms. The minimum atomic E-state index is -0.675. The molecule has 0 bridgehead atoms. The fourth-order valence-electron chi connectivity index (χ4n) is 2.81. The van der Waals surface area contributed by atoms with Gasteiger partial charge in [-0.15, -0.1) is 0 Å². The number of carbonyl (C=O) groups excluding carboxylic acids is 1. The van der Waals surface area contributed by atoms with E-state index < -0.39 is 5.54 Å². The Morgan fingerprint density at radius 1 is 1.44 bits per heavy atom. The van der Waals surface area contributed by atoms with E-state index in [-0.39, 0.29) is 11.6 Å². The van der Waals surface area contributed by atoms with Crippen molar-refractivity contribution in [3.8, 4) is 0 Å². The number of carbonyl (C=O) groups is 1. The largest absolute Gasteiger partial charge is 0.319 e. The molecule has 1 aromatic rings. The maximum absolute atomic E-state index is 12.8. The van der Waals surface area contributed by atoms with Gasteiger partial charge < -0.3 is 5.73 Å². The molecule has 1 aliphatic rings. The summed E-state index contributed by atoms with van der Waals surface area (Å²) in [6, 6.07) is 6.08. The third-order valence-corrected chi connectivity index (χ3v) is 3.87. The van der Waals surface area contributed by atoms with E-state index in [4.69, 9.17) is 5.73 Å². The summed E-state index contributed by atoms with van der Waals surface area (Å²) in [6.07, 6.45) is 4.03. The summed E-state index contributed by atoms with van der Waals surface area (Å²) in [5, 5.41) is 0. The lowest BCUT2D eigenvalue weighted by Gasteiger charge is -2.35. The summed E-state index contributed by atoms with van der Waals surface area (Å²) < 4.78 is 12.8. The number of nitrogens with two attached hydrogens (primary N) is 1. The lowest BCUT2D eigenvalue weighted by atomic mass is 9.73. The molecule has 2 nitrogen and oxygen atoms in total. The van der Waals surface area contributed by atoms with Crippen molar-refractivity contribution >= 4 is 5.78 Å². The van der Waals surface area contributed by atoms with Crippen LogP contribution in [0.4, 0.5) is 4.39 Å². The molecule has 2 unspecified atom stereocenters. The first-order chi connectivity index (χ1) is 8.49. The zero-order valence-electron chi connectivity index (χ0n) is 10.8. The van der Waals surface area contributed by atoms with Crippen molar-refractivity contribution in [3.05, 3.63) is 35.6 Å². The highest BCUT2D eigenvalue weighted by Crippen LogP contribution is 2.31. The Hall–Kier alpha value is -1.22. The first kappa shape index (κ1) is 13.2. The van der Waals surface area contributed by atoms with Crippen LogP contribution in [-0.2, 0) is 11.2 Å². The summed E-state index contributed by atoms with van der Waals surface area (Å²) in [7, 11) is 0. The molecule has 1 fully saturated rings. The predicted octanol–water partition coefficient (Wildman–Crippen LogP) is 2.84. The minimum Gasteiger partial charge on any atom is -0.319 e. The molecule has 0 spiro atoms. The minimum absolute atomic E-state index is 0.0839.